The smallest absolute Gasteiger partial charge is 0.155 e. The fourth-order valence-corrected chi connectivity index (χ4v) is 5.05. The molecule has 0 saturated carbocycles. The van der Waals surface area contributed by atoms with Crippen LogP contribution in [0.5, 0.6) is 5.75 Å². The van der Waals surface area contributed by atoms with Crippen molar-refractivity contribution >= 4 is 28.7 Å². The van der Waals surface area contributed by atoms with Crippen LogP contribution in [-0.4, -0.2) is 54.7 Å². The zero-order valence-corrected chi connectivity index (χ0v) is 22.4. The number of rotatable bonds is 7. The Balaban J connectivity index is 1.45. The van der Waals surface area contributed by atoms with Crippen LogP contribution < -0.4 is 4.74 Å². The van der Waals surface area contributed by atoms with E-state index in [4.69, 9.17) is 16.3 Å². The van der Waals surface area contributed by atoms with Crippen LogP contribution in [0.25, 0.3) is 16.7 Å². The number of nitrogens with zero attached hydrogens (tertiary/aromatic N) is 4. The van der Waals surface area contributed by atoms with Gasteiger partial charge < -0.3 is 4.74 Å². The molecule has 3 aromatic rings. The van der Waals surface area contributed by atoms with E-state index >= 15 is 0 Å². The van der Waals surface area contributed by atoms with Crippen LogP contribution in [0, 0.1) is 5.82 Å². The van der Waals surface area contributed by atoms with Gasteiger partial charge in [0.2, 0.25) is 0 Å². The van der Waals surface area contributed by atoms with Crippen LogP contribution in [-0.2, 0) is 0 Å². The van der Waals surface area contributed by atoms with E-state index in [2.05, 4.69) is 25.9 Å². The Hall–Kier alpha value is -3.61. The monoisotopic (exact) mass is 528 g/mol. The van der Waals surface area contributed by atoms with Gasteiger partial charge in [-0.2, -0.15) is 0 Å². The Labute approximate surface area is 228 Å². The molecular weight excluding hydrogens is 499 g/mol. The molecule has 0 aliphatic carbocycles. The van der Waals surface area contributed by atoms with Crippen LogP contribution in [0.1, 0.15) is 30.9 Å². The van der Waals surface area contributed by atoms with Gasteiger partial charge in [0.1, 0.15) is 18.2 Å². The van der Waals surface area contributed by atoms with E-state index < -0.39 is 5.82 Å². The summed E-state index contributed by atoms with van der Waals surface area (Å²) in [6.07, 6.45) is 10.0. The molecule has 0 atom stereocenters. The molecule has 0 amide bonds. The van der Waals surface area contributed by atoms with E-state index in [1.54, 1.807) is 19.3 Å². The Morgan fingerprint density at radius 2 is 1.87 bits per heavy atom. The fourth-order valence-electron chi connectivity index (χ4n) is 4.88. The number of halogens is 2. The number of dihydropyridines is 1. The lowest BCUT2D eigenvalue weighted by Crippen LogP contribution is -2.25. The van der Waals surface area contributed by atoms with Crippen LogP contribution in [0.15, 0.2) is 88.6 Å². The summed E-state index contributed by atoms with van der Waals surface area (Å²) in [5.74, 6) is 0.971. The summed E-state index contributed by atoms with van der Waals surface area (Å²) in [6.45, 7) is 5.87. The van der Waals surface area contributed by atoms with Crippen LogP contribution in [0.2, 0.25) is 5.02 Å². The first kappa shape index (κ1) is 26.0. The standard InChI is InChI=1S/C31H30ClFN4O/c1-3-26-27(18-30(36-31(26)34-2)28-17-24(32)9-10-29(28)33)23-15-22(19-35-20-23)21-7-6-8-25(16-21)38-14-13-37-11-4-5-12-37/h3,6-10,15-20H,4-5,11-14H2,1-2H3/b26-3-,34-31?. The molecular formula is C31H30ClFN4O. The van der Waals surface area contributed by atoms with Crippen LogP contribution >= 0.6 is 11.6 Å². The van der Waals surface area contributed by atoms with Crippen LogP contribution in [0.3, 0.4) is 0 Å². The van der Waals surface area contributed by atoms with E-state index in [-0.39, 0.29) is 0 Å². The lowest BCUT2D eigenvalue weighted by atomic mass is 9.91. The molecule has 2 aliphatic rings. The van der Waals surface area contributed by atoms with Gasteiger partial charge in [0, 0.05) is 53.3 Å². The number of aliphatic imine (C=N–C) groups is 2. The van der Waals surface area contributed by atoms with Gasteiger partial charge in [-0.15, -0.1) is 0 Å². The molecule has 3 heterocycles. The molecule has 0 bridgehead atoms. The summed E-state index contributed by atoms with van der Waals surface area (Å²) in [6, 6.07) is 14.6. The first-order valence-electron chi connectivity index (χ1n) is 12.9. The molecule has 2 aromatic carbocycles. The second kappa shape index (κ2) is 11.8. The maximum atomic E-state index is 14.7. The topological polar surface area (TPSA) is 50.1 Å². The minimum Gasteiger partial charge on any atom is -0.492 e. The van der Waals surface area contributed by atoms with Crippen molar-refractivity contribution in [3.05, 3.63) is 101 Å². The Bertz CT molecular complexity index is 1450. The third kappa shape index (κ3) is 5.77. The van der Waals surface area contributed by atoms with Gasteiger partial charge in [0.05, 0.1) is 5.71 Å². The highest BCUT2D eigenvalue weighted by Gasteiger charge is 2.22. The molecule has 0 spiro atoms. The number of likely N-dealkylation sites (tertiary alicyclic amines) is 1. The number of pyridine rings is 1. The highest BCUT2D eigenvalue weighted by Crippen LogP contribution is 2.33. The molecule has 5 nitrogen and oxygen atoms in total. The third-order valence-corrected chi connectivity index (χ3v) is 7.07. The lowest BCUT2D eigenvalue weighted by Gasteiger charge is -2.19. The summed E-state index contributed by atoms with van der Waals surface area (Å²) in [5, 5.41) is 0.442. The van der Waals surface area contributed by atoms with Crippen molar-refractivity contribution < 1.29 is 9.13 Å². The quantitative estimate of drug-likeness (QED) is 0.336. The number of amidine groups is 1. The summed E-state index contributed by atoms with van der Waals surface area (Å²) >= 11 is 6.18. The maximum Gasteiger partial charge on any atom is 0.155 e. The number of hydrogen-bond donors (Lipinski definition) is 0. The summed E-state index contributed by atoms with van der Waals surface area (Å²) < 4.78 is 20.8. The number of benzene rings is 2. The van der Waals surface area contributed by atoms with Gasteiger partial charge in [-0.25, -0.2) is 9.38 Å². The van der Waals surface area contributed by atoms with Crippen molar-refractivity contribution in [1.29, 1.82) is 0 Å². The number of ether oxygens (including phenoxy) is 1. The minimum atomic E-state index is -0.392. The van der Waals surface area contributed by atoms with Gasteiger partial charge in [-0.05, 0) is 86.5 Å². The molecule has 194 valence electrons. The van der Waals surface area contributed by atoms with Crippen molar-refractivity contribution in [3.8, 4) is 16.9 Å². The largest absolute Gasteiger partial charge is 0.492 e. The maximum absolute atomic E-state index is 14.7. The van der Waals surface area contributed by atoms with E-state index in [9.17, 15) is 4.39 Å². The second-order valence-corrected chi connectivity index (χ2v) is 9.75. The zero-order chi connectivity index (χ0) is 26.5. The number of aromatic nitrogens is 1. The minimum absolute atomic E-state index is 0.328. The summed E-state index contributed by atoms with van der Waals surface area (Å²) in [4.78, 5) is 16.0. The first-order valence-corrected chi connectivity index (χ1v) is 13.2. The first-order chi connectivity index (χ1) is 18.6. The molecule has 0 unspecified atom stereocenters. The number of allylic oxidation sites excluding steroid dienone is 2. The normalized spacial score (nSPS) is 18.1. The van der Waals surface area contributed by atoms with Gasteiger partial charge in [-0.3, -0.25) is 14.9 Å². The van der Waals surface area contributed by atoms with Gasteiger partial charge in [-0.1, -0.05) is 29.8 Å². The molecule has 2 aliphatic heterocycles. The van der Waals surface area contributed by atoms with Crippen molar-refractivity contribution in [3.63, 3.8) is 0 Å². The van der Waals surface area contributed by atoms with Gasteiger partial charge in [0.15, 0.2) is 5.84 Å². The van der Waals surface area contributed by atoms with E-state index in [1.807, 2.05) is 49.5 Å². The molecule has 38 heavy (non-hydrogen) atoms. The predicted octanol–water partition coefficient (Wildman–Crippen LogP) is 6.88. The van der Waals surface area contributed by atoms with Gasteiger partial charge in [0.25, 0.3) is 0 Å². The average Bonchev–Trinajstić information content (AvgIpc) is 3.47. The SMILES string of the molecule is C/C=C1/C(c2cncc(-c3cccc(OCCN4CCCC4)c3)c2)=CC(c2cc(Cl)ccc2F)=NC1=NC. The van der Waals surface area contributed by atoms with Crippen molar-refractivity contribution in [2.75, 3.05) is 33.3 Å². The third-order valence-electron chi connectivity index (χ3n) is 6.83. The molecule has 5 rings (SSSR count). The number of hydrogen-bond acceptors (Lipinski definition) is 4. The second-order valence-electron chi connectivity index (χ2n) is 9.32. The highest BCUT2D eigenvalue weighted by molar-refractivity contribution is 6.32. The Morgan fingerprint density at radius 3 is 2.66 bits per heavy atom. The predicted molar refractivity (Wildman–Crippen MR) is 154 cm³/mol. The zero-order valence-electron chi connectivity index (χ0n) is 21.6. The van der Waals surface area contributed by atoms with E-state index in [1.165, 1.54) is 25.0 Å². The van der Waals surface area contributed by atoms with Crippen LogP contribution in [0.4, 0.5) is 4.39 Å². The molecule has 1 fully saturated rings. The highest BCUT2D eigenvalue weighted by atomic mass is 35.5. The molecule has 0 N–H and O–H groups in total. The summed E-state index contributed by atoms with van der Waals surface area (Å²) in [5.41, 5.74) is 5.36. The molecule has 1 saturated heterocycles. The molecule has 7 heteroatoms. The fraction of sp³-hybridized carbons (Fsp3) is 0.258. The van der Waals surface area contributed by atoms with E-state index in [0.717, 1.165) is 53.2 Å². The molecule has 1 aromatic heterocycles. The average molecular weight is 529 g/mol. The Kier molecular flexibility index (Phi) is 8.11. The Morgan fingerprint density at radius 1 is 1.05 bits per heavy atom. The van der Waals surface area contributed by atoms with Gasteiger partial charge >= 0.3 is 0 Å². The summed E-state index contributed by atoms with van der Waals surface area (Å²) in [7, 11) is 1.68. The van der Waals surface area contributed by atoms with Crippen molar-refractivity contribution in [2.24, 2.45) is 9.98 Å². The van der Waals surface area contributed by atoms with Crippen molar-refractivity contribution in [1.82, 2.24) is 9.88 Å². The van der Waals surface area contributed by atoms with Crippen molar-refractivity contribution in [2.45, 2.75) is 19.8 Å². The lowest BCUT2D eigenvalue weighted by molar-refractivity contribution is 0.238. The van der Waals surface area contributed by atoms with E-state index in [0.29, 0.717) is 28.7 Å². The molecule has 0 radical (unpaired) electrons.